The van der Waals surface area contributed by atoms with Gasteiger partial charge in [0.25, 0.3) is 0 Å². The number of benzene rings is 1. The molecule has 1 aromatic rings. The number of unbranched alkanes of at least 4 members (excludes halogenated alkanes) is 7. The Labute approximate surface area is 154 Å². The van der Waals surface area contributed by atoms with E-state index in [0.29, 0.717) is 6.42 Å². The highest BCUT2D eigenvalue weighted by atomic mass is 31.2. The fraction of sp³-hybridized carbons (Fsp3) is 0.647. The van der Waals surface area contributed by atoms with Crippen molar-refractivity contribution < 1.29 is 41.0 Å². The van der Waals surface area contributed by atoms with Crippen molar-refractivity contribution in [1.29, 1.82) is 0 Å². The number of halogens is 5. The lowest BCUT2D eigenvalue weighted by Crippen LogP contribution is -2.19. The van der Waals surface area contributed by atoms with Gasteiger partial charge < -0.3 is 14.5 Å². The molecule has 0 aromatic heterocycles. The summed E-state index contributed by atoms with van der Waals surface area (Å²) in [6.07, 6.45) is 6.73. The van der Waals surface area contributed by atoms with Gasteiger partial charge in [0.1, 0.15) is 0 Å². The van der Waals surface area contributed by atoms with Crippen molar-refractivity contribution in [3.05, 3.63) is 29.1 Å². The molecule has 10 heteroatoms. The van der Waals surface area contributed by atoms with E-state index in [1.807, 2.05) is 0 Å². The Morgan fingerprint density at radius 1 is 0.778 bits per heavy atom. The van der Waals surface area contributed by atoms with Crippen LogP contribution in [0.2, 0.25) is 0 Å². The van der Waals surface area contributed by atoms with Crippen molar-refractivity contribution >= 4 is 7.60 Å². The Kier molecular flexibility index (Phi) is 9.70. The van der Waals surface area contributed by atoms with Crippen molar-refractivity contribution in [3.63, 3.8) is 0 Å². The number of hydrogen-bond acceptors (Lipinski definition) is 2. The second-order valence-corrected chi connectivity index (χ2v) is 8.08. The van der Waals surface area contributed by atoms with E-state index in [1.165, 1.54) is 0 Å². The molecule has 0 saturated carbocycles. The Balaban J connectivity index is 2.71. The van der Waals surface area contributed by atoms with Crippen LogP contribution in [-0.2, 0) is 4.57 Å². The van der Waals surface area contributed by atoms with Crippen LogP contribution in [0.1, 0.15) is 64.7 Å². The average molecular weight is 418 g/mol. The zero-order valence-corrected chi connectivity index (χ0v) is 15.9. The van der Waals surface area contributed by atoms with Crippen LogP contribution in [0.3, 0.4) is 0 Å². The summed E-state index contributed by atoms with van der Waals surface area (Å²) in [7, 11) is -4.99. The highest BCUT2D eigenvalue weighted by Crippen LogP contribution is 2.45. The highest BCUT2D eigenvalue weighted by molar-refractivity contribution is 7.52. The Morgan fingerprint density at radius 2 is 1.19 bits per heavy atom. The van der Waals surface area contributed by atoms with E-state index in [2.05, 4.69) is 11.7 Å². The molecule has 0 spiro atoms. The molecule has 0 heterocycles. The van der Waals surface area contributed by atoms with Gasteiger partial charge in [0.2, 0.25) is 29.1 Å². The molecule has 0 bridgehead atoms. The molecule has 0 aliphatic carbocycles. The number of hydrogen-bond donors (Lipinski definition) is 2. The van der Waals surface area contributed by atoms with Crippen LogP contribution >= 0.6 is 7.60 Å². The minimum Gasteiger partial charge on any atom is -0.471 e. The molecule has 4 nitrogen and oxygen atoms in total. The van der Waals surface area contributed by atoms with Gasteiger partial charge in [-0.3, -0.25) is 4.57 Å². The highest BCUT2D eigenvalue weighted by Gasteiger charge is 2.35. The third-order valence-electron chi connectivity index (χ3n) is 4.10. The van der Waals surface area contributed by atoms with Crippen LogP contribution in [0.5, 0.6) is 5.75 Å². The lowest BCUT2D eigenvalue weighted by molar-refractivity contribution is 0.189. The van der Waals surface area contributed by atoms with E-state index in [0.717, 1.165) is 38.5 Å². The average Bonchev–Trinajstić information content (AvgIpc) is 2.61. The van der Waals surface area contributed by atoms with Gasteiger partial charge in [-0.1, -0.05) is 51.9 Å². The van der Waals surface area contributed by atoms with Gasteiger partial charge in [-0.05, 0) is 12.8 Å². The molecular formula is C17H24F5O4P. The van der Waals surface area contributed by atoms with E-state index in [9.17, 15) is 36.3 Å². The topological polar surface area (TPSA) is 66.8 Å². The molecule has 156 valence electrons. The first-order valence-corrected chi connectivity index (χ1v) is 10.5. The van der Waals surface area contributed by atoms with Crippen molar-refractivity contribution in [1.82, 2.24) is 0 Å². The minimum absolute atomic E-state index is 0.277. The minimum atomic E-state index is -4.99. The monoisotopic (exact) mass is 418 g/mol. The van der Waals surface area contributed by atoms with Crippen molar-refractivity contribution in [3.8, 4) is 5.75 Å². The first kappa shape index (κ1) is 23.9. The molecule has 1 unspecified atom stereocenters. The molecule has 0 amide bonds. The van der Waals surface area contributed by atoms with Gasteiger partial charge in [0, 0.05) is 0 Å². The Hall–Kier alpha value is -1.18. The quantitative estimate of drug-likeness (QED) is 0.148. The van der Waals surface area contributed by atoms with E-state index in [4.69, 9.17) is 0 Å². The summed E-state index contributed by atoms with van der Waals surface area (Å²) in [5, 5.41) is 0. The predicted molar refractivity (Wildman–Crippen MR) is 89.9 cm³/mol. The molecule has 0 saturated heterocycles. The lowest BCUT2D eigenvalue weighted by atomic mass is 10.1. The summed E-state index contributed by atoms with van der Waals surface area (Å²) < 4.78 is 82.8. The third-order valence-corrected chi connectivity index (χ3v) is 5.22. The fourth-order valence-corrected chi connectivity index (χ4v) is 3.33. The molecule has 0 radical (unpaired) electrons. The zero-order valence-electron chi connectivity index (χ0n) is 15.0. The van der Waals surface area contributed by atoms with Gasteiger partial charge in [-0.25, -0.2) is 13.2 Å². The summed E-state index contributed by atoms with van der Waals surface area (Å²) in [6.45, 7) is 2.09. The second kappa shape index (κ2) is 11.0. The van der Waals surface area contributed by atoms with E-state index in [-0.39, 0.29) is 12.8 Å². The number of rotatable bonds is 12. The van der Waals surface area contributed by atoms with Crippen molar-refractivity contribution in [2.75, 3.05) is 0 Å². The smallest absolute Gasteiger partial charge is 0.365 e. The summed E-state index contributed by atoms with van der Waals surface area (Å²) in [6, 6.07) is 0. The molecule has 1 atom stereocenters. The fourth-order valence-electron chi connectivity index (χ4n) is 2.57. The van der Waals surface area contributed by atoms with Crippen LogP contribution in [0, 0.1) is 29.1 Å². The molecule has 0 aliphatic heterocycles. The van der Waals surface area contributed by atoms with Crippen LogP contribution in [0.25, 0.3) is 0 Å². The maximum absolute atomic E-state index is 13.6. The van der Waals surface area contributed by atoms with Crippen LogP contribution < -0.4 is 4.74 Å². The summed E-state index contributed by atoms with van der Waals surface area (Å²) in [5.74, 6) is -15.0. The van der Waals surface area contributed by atoms with Crippen molar-refractivity contribution in [2.24, 2.45) is 0 Å². The van der Waals surface area contributed by atoms with E-state index < -0.39 is 48.3 Å². The normalized spacial score (nSPS) is 13.0. The van der Waals surface area contributed by atoms with Gasteiger partial charge in [-0.15, -0.1) is 0 Å². The van der Waals surface area contributed by atoms with Gasteiger partial charge in [0.05, 0.1) is 0 Å². The third kappa shape index (κ3) is 7.05. The molecule has 27 heavy (non-hydrogen) atoms. The number of ether oxygens (including phenoxy) is 1. The Bertz CT molecular complexity index is 636. The standard InChI is InChI=1S/C17H24F5O4P/c1-2-3-4-5-6-7-8-9-10-11(27(23,24)25)26-17-15(21)13(19)12(18)14(20)16(17)22/h11H,2-10H2,1H3,(H2,23,24,25). The van der Waals surface area contributed by atoms with Gasteiger partial charge >= 0.3 is 7.60 Å². The second-order valence-electron chi connectivity index (χ2n) is 6.32. The van der Waals surface area contributed by atoms with Crippen LogP contribution in [0.4, 0.5) is 22.0 Å². The molecule has 0 aliphatic rings. The summed E-state index contributed by atoms with van der Waals surface area (Å²) >= 11 is 0. The maximum Gasteiger partial charge on any atom is 0.365 e. The van der Waals surface area contributed by atoms with Crippen molar-refractivity contribution in [2.45, 2.75) is 70.6 Å². The molecule has 1 aromatic carbocycles. The summed E-state index contributed by atoms with van der Waals surface area (Å²) in [4.78, 5) is 18.6. The van der Waals surface area contributed by atoms with E-state index >= 15 is 0 Å². The van der Waals surface area contributed by atoms with Gasteiger partial charge in [0.15, 0.2) is 11.6 Å². The first-order valence-electron chi connectivity index (χ1n) is 8.84. The maximum atomic E-state index is 13.6. The lowest BCUT2D eigenvalue weighted by Gasteiger charge is -2.21. The molecule has 1 rings (SSSR count). The first-order chi connectivity index (χ1) is 12.6. The molecule has 2 N–H and O–H groups in total. The zero-order chi connectivity index (χ0) is 20.6. The van der Waals surface area contributed by atoms with Gasteiger partial charge in [-0.2, -0.15) is 8.78 Å². The van der Waals surface area contributed by atoms with Crippen LogP contribution in [-0.4, -0.2) is 15.6 Å². The largest absolute Gasteiger partial charge is 0.471 e. The Morgan fingerprint density at radius 3 is 1.63 bits per heavy atom. The summed E-state index contributed by atoms with van der Waals surface area (Å²) in [5.41, 5.74) is 0. The molecular weight excluding hydrogens is 394 g/mol. The van der Waals surface area contributed by atoms with E-state index in [1.54, 1.807) is 0 Å². The van der Waals surface area contributed by atoms with Crippen LogP contribution in [0.15, 0.2) is 0 Å². The SMILES string of the molecule is CCCCCCCCCCC(Oc1c(F)c(F)c(F)c(F)c1F)P(=O)(O)O. The predicted octanol–water partition coefficient (Wildman–Crippen LogP) is 5.80. The molecule has 0 fully saturated rings.